The van der Waals surface area contributed by atoms with E-state index in [0.29, 0.717) is 16.3 Å². The highest BCUT2D eigenvalue weighted by molar-refractivity contribution is 6.32. The molecule has 0 aromatic heterocycles. The Morgan fingerprint density at radius 1 is 1.44 bits per heavy atom. The molecule has 0 unspecified atom stereocenters. The van der Waals surface area contributed by atoms with Crippen LogP contribution in [0.4, 0.5) is 0 Å². The minimum absolute atomic E-state index is 0.210. The van der Waals surface area contributed by atoms with Gasteiger partial charge in [-0.2, -0.15) is 5.26 Å². The maximum absolute atomic E-state index is 8.66. The zero-order valence-electron chi connectivity index (χ0n) is 8.78. The molecule has 84 valence electrons. The Bertz CT molecular complexity index is 410. The predicted octanol–water partition coefficient (Wildman–Crippen LogP) is 2.97. The Morgan fingerprint density at radius 2 is 2.25 bits per heavy atom. The molecule has 0 spiro atoms. The summed E-state index contributed by atoms with van der Waals surface area (Å²) in [6, 6.07) is 6.95. The molecule has 0 bridgehead atoms. The van der Waals surface area contributed by atoms with Crippen LogP contribution in [0.1, 0.15) is 18.4 Å². The van der Waals surface area contributed by atoms with Crippen LogP contribution in [0.25, 0.3) is 0 Å². The minimum atomic E-state index is 0.210. The van der Waals surface area contributed by atoms with Crippen LogP contribution < -0.4 is 4.74 Å². The number of benzene rings is 1. The molecular weight excluding hydrogens is 226 g/mol. The van der Waals surface area contributed by atoms with Crippen LogP contribution in [0.3, 0.4) is 0 Å². The van der Waals surface area contributed by atoms with Crippen molar-refractivity contribution in [3.05, 3.63) is 28.8 Å². The fourth-order valence-electron chi connectivity index (χ4n) is 1.29. The molecule has 0 aliphatic heterocycles. The van der Waals surface area contributed by atoms with E-state index in [2.05, 4.69) is 0 Å². The average Bonchev–Trinajstić information content (AvgIpc) is 3.10. The fourth-order valence-corrected chi connectivity index (χ4v) is 1.53. The fraction of sp³-hybridized carbons (Fsp3) is 0.417. The standard InChI is InChI=1S/C12H12ClNO2/c13-11-5-10(6-14)3-4-12(11)16-8-15-7-9-1-2-9/h3-5,9H,1-2,7-8H2. The van der Waals surface area contributed by atoms with Gasteiger partial charge in [0.25, 0.3) is 0 Å². The topological polar surface area (TPSA) is 42.2 Å². The molecule has 1 aromatic carbocycles. The smallest absolute Gasteiger partial charge is 0.189 e. The zero-order chi connectivity index (χ0) is 11.4. The third-order valence-electron chi connectivity index (χ3n) is 2.41. The van der Waals surface area contributed by atoms with Gasteiger partial charge < -0.3 is 9.47 Å². The number of rotatable bonds is 5. The number of nitriles is 1. The molecule has 0 heterocycles. The lowest BCUT2D eigenvalue weighted by Gasteiger charge is -2.08. The third kappa shape index (κ3) is 3.13. The lowest BCUT2D eigenvalue weighted by atomic mass is 10.2. The SMILES string of the molecule is N#Cc1ccc(OCOCC2CC2)c(Cl)c1. The second-order valence-electron chi connectivity index (χ2n) is 3.83. The molecule has 4 heteroatoms. The highest BCUT2D eigenvalue weighted by Gasteiger charge is 2.21. The van der Waals surface area contributed by atoms with Gasteiger partial charge in [0.15, 0.2) is 6.79 Å². The summed E-state index contributed by atoms with van der Waals surface area (Å²) in [6.07, 6.45) is 2.52. The first-order chi connectivity index (χ1) is 7.79. The van der Waals surface area contributed by atoms with Crippen molar-refractivity contribution in [1.82, 2.24) is 0 Å². The van der Waals surface area contributed by atoms with Crippen molar-refractivity contribution in [1.29, 1.82) is 5.26 Å². The van der Waals surface area contributed by atoms with Crippen LogP contribution in [0.2, 0.25) is 5.02 Å². The molecule has 16 heavy (non-hydrogen) atoms. The van der Waals surface area contributed by atoms with Gasteiger partial charge in [-0.05, 0) is 37.0 Å². The van der Waals surface area contributed by atoms with E-state index in [1.165, 1.54) is 12.8 Å². The third-order valence-corrected chi connectivity index (χ3v) is 2.70. The van der Waals surface area contributed by atoms with Crippen molar-refractivity contribution in [3.8, 4) is 11.8 Å². The van der Waals surface area contributed by atoms with Crippen LogP contribution in [0.5, 0.6) is 5.75 Å². The van der Waals surface area contributed by atoms with Gasteiger partial charge in [0, 0.05) is 0 Å². The largest absolute Gasteiger partial charge is 0.466 e. The van der Waals surface area contributed by atoms with E-state index in [9.17, 15) is 0 Å². The summed E-state index contributed by atoms with van der Waals surface area (Å²) in [5.41, 5.74) is 0.524. The molecule has 0 saturated heterocycles. The molecule has 1 aliphatic carbocycles. The number of hydrogen-bond donors (Lipinski definition) is 0. The quantitative estimate of drug-likeness (QED) is 0.584. The van der Waals surface area contributed by atoms with E-state index < -0.39 is 0 Å². The summed E-state index contributed by atoms with van der Waals surface area (Å²) < 4.78 is 10.7. The second kappa shape index (κ2) is 5.20. The van der Waals surface area contributed by atoms with E-state index >= 15 is 0 Å². The van der Waals surface area contributed by atoms with Gasteiger partial charge in [0.05, 0.1) is 23.3 Å². The molecular formula is C12H12ClNO2. The normalized spacial score (nSPS) is 14.5. The molecule has 2 rings (SSSR count). The summed E-state index contributed by atoms with van der Waals surface area (Å²) in [5, 5.41) is 9.10. The Morgan fingerprint density at radius 3 is 2.88 bits per heavy atom. The first kappa shape index (κ1) is 11.3. The van der Waals surface area contributed by atoms with Gasteiger partial charge >= 0.3 is 0 Å². The van der Waals surface area contributed by atoms with Gasteiger partial charge in [0.1, 0.15) is 5.75 Å². The van der Waals surface area contributed by atoms with E-state index in [0.717, 1.165) is 12.5 Å². The zero-order valence-corrected chi connectivity index (χ0v) is 9.54. The number of hydrogen-bond acceptors (Lipinski definition) is 3. The summed E-state index contributed by atoms with van der Waals surface area (Å²) >= 11 is 5.93. The molecule has 1 fully saturated rings. The van der Waals surface area contributed by atoms with Gasteiger partial charge in [-0.25, -0.2) is 0 Å². The van der Waals surface area contributed by atoms with Crippen molar-refractivity contribution in [3.63, 3.8) is 0 Å². The van der Waals surface area contributed by atoms with Gasteiger partial charge in [-0.15, -0.1) is 0 Å². The van der Waals surface area contributed by atoms with Crippen molar-refractivity contribution < 1.29 is 9.47 Å². The lowest BCUT2D eigenvalue weighted by Crippen LogP contribution is -2.05. The van der Waals surface area contributed by atoms with E-state index in [4.69, 9.17) is 26.3 Å². The molecule has 3 nitrogen and oxygen atoms in total. The van der Waals surface area contributed by atoms with Crippen LogP contribution >= 0.6 is 11.6 Å². The van der Waals surface area contributed by atoms with E-state index in [-0.39, 0.29) is 6.79 Å². The Hall–Kier alpha value is -1.24. The molecule has 1 aliphatic rings. The van der Waals surface area contributed by atoms with Crippen molar-refractivity contribution in [2.45, 2.75) is 12.8 Å². The summed E-state index contributed by atoms with van der Waals surface area (Å²) in [7, 11) is 0. The van der Waals surface area contributed by atoms with Crippen LogP contribution in [-0.2, 0) is 4.74 Å². The number of ether oxygens (including phenoxy) is 2. The summed E-state index contributed by atoms with van der Waals surface area (Å²) in [5.74, 6) is 1.27. The molecule has 0 radical (unpaired) electrons. The minimum Gasteiger partial charge on any atom is -0.466 e. The van der Waals surface area contributed by atoms with Crippen LogP contribution in [-0.4, -0.2) is 13.4 Å². The Labute approximate surface area is 99.5 Å². The molecule has 0 atom stereocenters. The number of nitrogens with zero attached hydrogens (tertiary/aromatic N) is 1. The van der Waals surface area contributed by atoms with Crippen molar-refractivity contribution in [2.24, 2.45) is 5.92 Å². The molecule has 0 amide bonds. The van der Waals surface area contributed by atoms with Crippen molar-refractivity contribution in [2.75, 3.05) is 13.4 Å². The monoisotopic (exact) mass is 237 g/mol. The van der Waals surface area contributed by atoms with Gasteiger partial charge in [0.2, 0.25) is 0 Å². The lowest BCUT2D eigenvalue weighted by molar-refractivity contribution is 0.0100. The predicted molar refractivity (Wildman–Crippen MR) is 60.3 cm³/mol. The van der Waals surface area contributed by atoms with Gasteiger partial charge in [-0.3, -0.25) is 0 Å². The van der Waals surface area contributed by atoms with Crippen molar-refractivity contribution >= 4 is 11.6 Å². The van der Waals surface area contributed by atoms with Crippen LogP contribution in [0, 0.1) is 17.2 Å². The Balaban J connectivity index is 1.81. The average molecular weight is 238 g/mol. The second-order valence-corrected chi connectivity index (χ2v) is 4.24. The molecule has 0 N–H and O–H groups in total. The maximum Gasteiger partial charge on any atom is 0.189 e. The summed E-state index contributed by atoms with van der Waals surface area (Å²) in [4.78, 5) is 0. The van der Waals surface area contributed by atoms with Crippen LogP contribution in [0.15, 0.2) is 18.2 Å². The first-order valence-corrected chi connectivity index (χ1v) is 5.57. The Kier molecular flexibility index (Phi) is 3.66. The molecule has 1 saturated carbocycles. The maximum atomic E-state index is 8.66. The molecule has 1 aromatic rings. The number of halogens is 1. The summed E-state index contributed by atoms with van der Waals surface area (Å²) in [6.45, 7) is 0.968. The highest BCUT2D eigenvalue weighted by atomic mass is 35.5. The highest BCUT2D eigenvalue weighted by Crippen LogP contribution is 2.29. The van der Waals surface area contributed by atoms with E-state index in [1.807, 2.05) is 6.07 Å². The van der Waals surface area contributed by atoms with Gasteiger partial charge in [-0.1, -0.05) is 11.6 Å². The van der Waals surface area contributed by atoms with E-state index in [1.54, 1.807) is 18.2 Å². The first-order valence-electron chi connectivity index (χ1n) is 5.20.